The van der Waals surface area contributed by atoms with Crippen molar-refractivity contribution in [2.75, 3.05) is 11.9 Å². The molecule has 0 radical (unpaired) electrons. The first-order chi connectivity index (χ1) is 12.3. The van der Waals surface area contributed by atoms with Crippen LogP contribution in [0.15, 0.2) is 42.5 Å². The number of benzene rings is 2. The van der Waals surface area contributed by atoms with E-state index in [1.807, 2.05) is 13.8 Å². The molecule has 0 aliphatic rings. The van der Waals surface area contributed by atoms with Crippen molar-refractivity contribution in [1.29, 1.82) is 0 Å². The quantitative estimate of drug-likeness (QED) is 0.764. The number of carbonyl (C=O) groups excluding carboxylic acids is 2. The first kappa shape index (κ1) is 19.7. The minimum absolute atomic E-state index is 0.0363. The van der Waals surface area contributed by atoms with E-state index in [1.165, 1.54) is 30.3 Å². The van der Waals surface area contributed by atoms with Crippen LogP contribution in [-0.4, -0.2) is 24.5 Å². The van der Waals surface area contributed by atoms with Crippen molar-refractivity contribution in [3.05, 3.63) is 58.9 Å². The molecule has 0 aliphatic carbocycles. The van der Waals surface area contributed by atoms with Crippen LogP contribution in [0.4, 0.5) is 10.1 Å². The van der Waals surface area contributed by atoms with Crippen LogP contribution in [-0.2, 0) is 4.79 Å². The Kier molecular flexibility index (Phi) is 6.97. The van der Waals surface area contributed by atoms with Gasteiger partial charge in [-0.3, -0.25) is 9.59 Å². The summed E-state index contributed by atoms with van der Waals surface area (Å²) in [5.41, 5.74) is 0.665. The molecule has 0 fully saturated rings. The second-order valence-corrected chi connectivity index (χ2v) is 6.36. The van der Waals surface area contributed by atoms with E-state index in [0.717, 1.165) is 0 Å². The third-order valence-electron chi connectivity index (χ3n) is 3.33. The second kappa shape index (κ2) is 9.20. The fourth-order valence-corrected chi connectivity index (χ4v) is 2.34. The lowest BCUT2D eigenvalue weighted by molar-refractivity contribution is -0.116. The van der Waals surface area contributed by atoms with Crippen LogP contribution in [0.25, 0.3) is 0 Å². The highest BCUT2D eigenvalue weighted by molar-refractivity contribution is 6.31. The predicted octanol–water partition coefficient (Wildman–Crippen LogP) is 4.02. The largest absolute Gasteiger partial charge is 0.493 e. The van der Waals surface area contributed by atoms with E-state index < -0.39 is 0 Å². The van der Waals surface area contributed by atoms with Gasteiger partial charge in [-0.2, -0.15) is 0 Å². The molecule has 2 aromatic rings. The number of halogens is 2. The van der Waals surface area contributed by atoms with Gasteiger partial charge in [-0.05, 0) is 56.3 Å². The molecule has 0 atom stereocenters. The number of ether oxygens (including phenoxy) is 1. The van der Waals surface area contributed by atoms with E-state index >= 15 is 0 Å². The van der Waals surface area contributed by atoms with Crippen LogP contribution in [0, 0.1) is 5.82 Å². The third kappa shape index (κ3) is 6.04. The summed E-state index contributed by atoms with van der Waals surface area (Å²) in [4.78, 5) is 24.4. The summed E-state index contributed by atoms with van der Waals surface area (Å²) in [5, 5.41) is 5.86. The number of carbonyl (C=O) groups is 2. The molecule has 2 rings (SSSR count). The topological polar surface area (TPSA) is 67.4 Å². The van der Waals surface area contributed by atoms with E-state index in [0.29, 0.717) is 22.0 Å². The van der Waals surface area contributed by atoms with Gasteiger partial charge < -0.3 is 15.4 Å². The van der Waals surface area contributed by atoms with E-state index in [-0.39, 0.29) is 36.7 Å². The molecule has 0 aromatic heterocycles. The molecule has 0 heterocycles. The summed E-state index contributed by atoms with van der Waals surface area (Å²) in [6.45, 7) is 3.81. The molecule has 26 heavy (non-hydrogen) atoms. The average molecular weight is 379 g/mol. The Hall–Kier alpha value is -2.60. The monoisotopic (exact) mass is 378 g/mol. The first-order valence-electron chi connectivity index (χ1n) is 8.14. The average Bonchev–Trinajstić information content (AvgIpc) is 2.56. The Balaban J connectivity index is 1.96. The fraction of sp³-hybridized carbons (Fsp3) is 0.263. The van der Waals surface area contributed by atoms with Gasteiger partial charge >= 0.3 is 0 Å². The molecular weight excluding hydrogens is 359 g/mol. The van der Waals surface area contributed by atoms with Gasteiger partial charge in [0.25, 0.3) is 5.91 Å². The van der Waals surface area contributed by atoms with Gasteiger partial charge in [0.1, 0.15) is 11.6 Å². The molecule has 2 amide bonds. The smallest absolute Gasteiger partial charge is 0.253 e. The fourth-order valence-electron chi connectivity index (χ4n) is 2.16. The number of rotatable bonds is 7. The zero-order valence-electron chi connectivity index (χ0n) is 14.5. The molecular formula is C19H20ClFN2O3. The molecule has 5 nitrogen and oxygen atoms in total. The maximum absolute atomic E-state index is 12.8. The van der Waals surface area contributed by atoms with Crippen molar-refractivity contribution in [1.82, 2.24) is 5.32 Å². The van der Waals surface area contributed by atoms with Gasteiger partial charge in [0, 0.05) is 11.1 Å². The van der Waals surface area contributed by atoms with Crippen molar-refractivity contribution in [3.63, 3.8) is 0 Å². The van der Waals surface area contributed by atoms with E-state index in [2.05, 4.69) is 10.6 Å². The van der Waals surface area contributed by atoms with Crippen LogP contribution in [0.3, 0.4) is 0 Å². The Morgan fingerprint density at radius 2 is 1.85 bits per heavy atom. The molecule has 0 spiro atoms. The van der Waals surface area contributed by atoms with Gasteiger partial charge in [-0.25, -0.2) is 4.39 Å². The lowest BCUT2D eigenvalue weighted by Gasteiger charge is -2.14. The maximum Gasteiger partial charge on any atom is 0.253 e. The summed E-state index contributed by atoms with van der Waals surface area (Å²) in [7, 11) is 0. The zero-order chi connectivity index (χ0) is 19.1. The molecule has 2 aromatic carbocycles. The first-order valence-corrected chi connectivity index (χ1v) is 8.51. The SMILES string of the molecule is CC(C)NC(=O)c1ccc(Cl)cc1NC(=O)CCOc1ccc(F)cc1. The van der Waals surface area contributed by atoms with E-state index in [1.54, 1.807) is 12.1 Å². The summed E-state index contributed by atoms with van der Waals surface area (Å²) in [6, 6.07) is 10.2. The molecule has 0 aliphatic heterocycles. The van der Waals surface area contributed by atoms with E-state index in [4.69, 9.17) is 16.3 Å². The molecule has 0 saturated heterocycles. The van der Waals surface area contributed by atoms with Gasteiger partial charge in [-0.15, -0.1) is 0 Å². The highest BCUT2D eigenvalue weighted by Gasteiger charge is 2.15. The summed E-state index contributed by atoms with van der Waals surface area (Å²) in [6.07, 6.45) is 0.0646. The lowest BCUT2D eigenvalue weighted by atomic mass is 10.1. The minimum atomic E-state index is -0.358. The van der Waals surface area contributed by atoms with Crippen LogP contribution >= 0.6 is 11.6 Å². The molecule has 2 N–H and O–H groups in total. The van der Waals surface area contributed by atoms with Crippen molar-refractivity contribution < 1.29 is 18.7 Å². The maximum atomic E-state index is 12.8. The number of nitrogens with one attached hydrogen (secondary N) is 2. The molecule has 7 heteroatoms. The summed E-state index contributed by atoms with van der Waals surface area (Å²) in [5.74, 6) is -0.510. The van der Waals surface area contributed by atoms with Gasteiger partial charge in [0.2, 0.25) is 5.91 Å². The highest BCUT2D eigenvalue weighted by Crippen LogP contribution is 2.21. The molecule has 138 valence electrons. The molecule has 0 bridgehead atoms. The normalized spacial score (nSPS) is 10.5. The van der Waals surface area contributed by atoms with Crippen molar-refractivity contribution in [3.8, 4) is 5.75 Å². The van der Waals surface area contributed by atoms with Crippen LogP contribution in [0.2, 0.25) is 5.02 Å². The zero-order valence-corrected chi connectivity index (χ0v) is 15.3. The van der Waals surface area contributed by atoms with Crippen LogP contribution in [0.1, 0.15) is 30.6 Å². The van der Waals surface area contributed by atoms with Gasteiger partial charge in [0.15, 0.2) is 0 Å². The Labute approximate surface area is 156 Å². The standard InChI is InChI=1S/C19H20ClFN2O3/c1-12(2)22-19(25)16-8-3-13(20)11-17(16)23-18(24)9-10-26-15-6-4-14(21)5-7-15/h3-8,11-12H,9-10H2,1-2H3,(H,22,25)(H,23,24). The lowest BCUT2D eigenvalue weighted by Crippen LogP contribution is -2.31. The molecule has 0 unspecified atom stereocenters. The van der Waals surface area contributed by atoms with Gasteiger partial charge in [0.05, 0.1) is 24.3 Å². The molecule has 0 saturated carbocycles. The highest BCUT2D eigenvalue weighted by atomic mass is 35.5. The Morgan fingerprint density at radius 1 is 1.15 bits per heavy atom. The number of hydrogen-bond donors (Lipinski definition) is 2. The number of amides is 2. The second-order valence-electron chi connectivity index (χ2n) is 5.92. The minimum Gasteiger partial charge on any atom is -0.493 e. The Morgan fingerprint density at radius 3 is 2.50 bits per heavy atom. The van der Waals surface area contributed by atoms with Crippen LogP contribution in [0.5, 0.6) is 5.75 Å². The number of hydrogen-bond acceptors (Lipinski definition) is 3. The predicted molar refractivity (Wildman–Crippen MR) is 99.2 cm³/mol. The summed E-state index contributed by atoms with van der Waals surface area (Å²) < 4.78 is 18.2. The van der Waals surface area contributed by atoms with E-state index in [9.17, 15) is 14.0 Å². The third-order valence-corrected chi connectivity index (χ3v) is 3.57. The number of anilines is 1. The van der Waals surface area contributed by atoms with Gasteiger partial charge in [-0.1, -0.05) is 11.6 Å². The summed E-state index contributed by atoms with van der Waals surface area (Å²) >= 11 is 5.97. The van der Waals surface area contributed by atoms with Crippen molar-refractivity contribution in [2.45, 2.75) is 26.3 Å². The van der Waals surface area contributed by atoms with Crippen molar-refractivity contribution in [2.24, 2.45) is 0 Å². The van der Waals surface area contributed by atoms with Crippen molar-refractivity contribution >= 4 is 29.1 Å². The van der Waals surface area contributed by atoms with Crippen LogP contribution < -0.4 is 15.4 Å². The Bertz CT molecular complexity index is 779.